The van der Waals surface area contributed by atoms with Gasteiger partial charge in [0.1, 0.15) is 5.78 Å². The summed E-state index contributed by atoms with van der Waals surface area (Å²) < 4.78 is 28.2. The Morgan fingerprint density at radius 1 is 0.797 bits per heavy atom. The molecule has 0 aromatic carbocycles. The molecule has 13 nitrogen and oxygen atoms in total. The van der Waals surface area contributed by atoms with E-state index in [1.165, 1.54) is 64.2 Å². The number of aromatic nitrogens is 4. The molecule has 10 rings (SSSR count). The molecular weight excluding hydrogens is 1060 g/mol. The summed E-state index contributed by atoms with van der Waals surface area (Å²) in [5, 5.41) is 31.0. The third kappa shape index (κ3) is 14.7. The zero-order valence-electron chi connectivity index (χ0n) is 48.3. The summed E-state index contributed by atoms with van der Waals surface area (Å²) in [6.07, 6.45) is 27.6. The average molecular weight is 1160 g/mol. The van der Waals surface area contributed by atoms with E-state index in [2.05, 4.69) is 63.5 Å². The Kier molecular flexibility index (Phi) is 26.9. The predicted octanol–water partition coefficient (Wildman–Crippen LogP) is 4.28. The van der Waals surface area contributed by atoms with Crippen LogP contribution in [0.25, 0.3) is 0 Å². The number of methoxy groups -OCH3 is 2. The van der Waals surface area contributed by atoms with E-state index in [0.717, 1.165) is 92.3 Å². The van der Waals surface area contributed by atoms with E-state index in [1.807, 2.05) is 24.6 Å². The van der Waals surface area contributed by atoms with Gasteiger partial charge in [-0.1, -0.05) is 51.1 Å². The van der Waals surface area contributed by atoms with Crippen LogP contribution in [0.1, 0.15) is 165 Å². The number of hydrogen-bond donors (Lipinski definition) is 3. The molecule has 0 aliphatic heterocycles. The molecular formula is C57H94BrFK2N4O9. The van der Waals surface area contributed by atoms with Crippen molar-refractivity contribution in [2.75, 3.05) is 39.9 Å². The fourth-order valence-corrected chi connectivity index (χ4v) is 18.2. The molecule has 0 spiro atoms. The Morgan fingerprint density at radius 3 is 1.59 bits per heavy atom. The average Bonchev–Trinajstić information content (AvgIpc) is 4.16. The number of imidazole rings is 2. The number of Topliss-reactive ketones (excluding diaryl/α,β-unsaturated/α-hetero) is 2. The van der Waals surface area contributed by atoms with Crippen LogP contribution >= 0.6 is 15.9 Å². The number of ketones is 2. The van der Waals surface area contributed by atoms with Crippen molar-refractivity contribution in [2.24, 2.45) is 80.8 Å². The molecule has 0 bridgehead atoms. The zero-order valence-corrected chi connectivity index (χ0v) is 54.1. The molecule has 17 heteroatoms. The molecule has 8 aliphatic carbocycles. The summed E-state index contributed by atoms with van der Waals surface area (Å²) in [4.78, 5) is 48.2. The summed E-state index contributed by atoms with van der Waals surface area (Å²) in [6.45, 7) is 15.1. The van der Waals surface area contributed by atoms with Gasteiger partial charge in [-0.25, -0.2) is 9.97 Å². The van der Waals surface area contributed by atoms with E-state index >= 15 is 0 Å². The van der Waals surface area contributed by atoms with Gasteiger partial charge >= 0.3 is 103 Å². The van der Waals surface area contributed by atoms with Crippen LogP contribution in [0.5, 0.6) is 0 Å². The monoisotopic (exact) mass is 1160 g/mol. The molecule has 0 unspecified atom stereocenters. The Labute approximate surface area is 540 Å². The fourth-order valence-electron chi connectivity index (χ4n) is 17.8. The van der Waals surface area contributed by atoms with Crippen LogP contribution in [0.4, 0.5) is 4.39 Å². The van der Waals surface area contributed by atoms with Gasteiger partial charge in [-0.2, -0.15) is 0 Å². The maximum Gasteiger partial charge on any atom is 1.00 e. The number of aromatic amines is 1. The minimum Gasteiger partial charge on any atom is -1.00 e. The number of rotatable bonds is 10. The maximum atomic E-state index is 13.4. The maximum absolute atomic E-state index is 13.4. The van der Waals surface area contributed by atoms with Gasteiger partial charge in [0.25, 0.3) is 6.47 Å². The Hall–Kier alpha value is 0.713. The number of nitrogens with one attached hydrogen (secondary N) is 1. The quantitative estimate of drug-likeness (QED) is 0.101. The van der Waals surface area contributed by atoms with Crippen LogP contribution in [0.3, 0.4) is 0 Å². The summed E-state index contributed by atoms with van der Waals surface area (Å²) in [7, 11) is 2.41. The number of carbonyl (C=O) groups is 3. The first-order valence-electron chi connectivity index (χ1n) is 27.4. The smallest absolute Gasteiger partial charge is 1.00 e. The van der Waals surface area contributed by atoms with Crippen molar-refractivity contribution >= 4 is 34.0 Å². The van der Waals surface area contributed by atoms with Crippen molar-refractivity contribution in [3.8, 4) is 0 Å². The van der Waals surface area contributed by atoms with Gasteiger partial charge in [-0.15, -0.1) is 0 Å². The number of aryl methyl sites for hydroxylation is 2. The van der Waals surface area contributed by atoms with Gasteiger partial charge in [0, 0.05) is 44.1 Å². The zero-order chi connectivity index (χ0) is 52.7. The van der Waals surface area contributed by atoms with Crippen molar-refractivity contribution in [3.05, 3.63) is 36.4 Å². The summed E-state index contributed by atoms with van der Waals surface area (Å²) in [6, 6.07) is 0. The SMILES string of the molecule is C.COC[C@@]1(O)CC[C@@]2(C)[C@@H](CC[C@@H]3[C@@H]2CC[C@]2(C)[C@@H](C(=O)CBr)CC[C@@H]32)C1.COC[C@@]1(O)CC[C@@]2(C)[C@@H](CC[C@@H]3[C@@H]2CC[C@]2(C)[C@@H](C(=O)Cn4cnc(C)c4)CC[C@@H]32)C1.Cc1cnc[nH]1.O=CO[O-].[2H]CF.[H-].[K+].[K+]. The van der Waals surface area contributed by atoms with E-state index in [9.17, 15) is 24.2 Å². The summed E-state index contributed by atoms with van der Waals surface area (Å²) in [5.74, 6) is 6.99. The Bertz CT molecular complexity index is 2090. The standard InChI is InChI=1S/C27H42N2O3.C23H37BrO3.C4H6N2.CH3F.CH2O3.CH4.2K.H/c1-18-14-29(17-28-18)15-24(30)23-8-7-21-20-6-5-19-13-27(31,16-32-4)12-11-25(19,2)22(20)9-10-26(21,23)3;1-21-10-11-23(26,14-27-3)12-15(21)4-5-16-17-6-7-19(20(25)13-24)22(17,2)9-8-18(16)21;1-4-2-5-3-6-4;1-2;2-1-4-3;;;;/h14,17,19-23,31H,5-13,15-16H2,1-4H3;15-19,26H,4-14H2,1-3H3;2-3H,1H3,(H,5,6);1H3;1,3H;1H4;;;/q;;;;;;2*+1;-1/p-1/t19-,20-,21-,22-,23+,25-,26-,27+;15-,16-,17-,18-,19+,21-,22-,23+;;;;;;;/m00......./s1/i;;;1D;;;;;. The summed E-state index contributed by atoms with van der Waals surface area (Å²) >= 11 is 3.43. The van der Waals surface area contributed by atoms with E-state index in [1.54, 1.807) is 33.1 Å². The second kappa shape index (κ2) is 29.6. The number of aliphatic hydroxyl groups is 2. The second-order valence-electron chi connectivity index (χ2n) is 24.6. The normalized spacial score (nSPS) is 40.0. The minimum absolute atomic E-state index is 0. The fraction of sp³-hybridized carbons (Fsp3) is 0.842. The summed E-state index contributed by atoms with van der Waals surface area (Å²) in [5.41, 5.74) is 1.91. The molecule has 412 valence electrons. The van der Waals surface area contributed by atoms with Crippen LogP contribution in [-0.2, 0) is 35.3 Å². The second-order valence-corrected chi connectivity index (χ2v) is 25.1. The number of halogens is 2. The molecule has 2 heterocycles. The third-order valence-electron chi connectivity index (χ3n) is 21.2. The molecule has 0 radical (unpaired) electrons. The molecule has 3 N–H and O–H groups in total. The van der Waals surface area contributed by atoms with E-state index < -0.39 is 18.4 Å². The van der Waals surface area contributed by atoms with Crippen molar-refractivity contribution in [2.45, 2.75) is 182 Å². The molecule has 74 heavy (non-hydrogen) atoms. The van der Waals surface area contributed by atoms with Crippen LogP contribution in [-0.4, -0.2) is 98.9 Å². The molecule has 0 amide bonds. The number of hydrogen-bond acceptors (Lipinski definition) is 11. The first-order chi connectivity index (χ1) is 34.2. The molecule has 2 aromatic heterocycles. The number of carbonyl (C=O) groups excluding carboxylic acids is 3. The van der Waals surface area contributed by atoms with Gasteiger partial charge in [0.2, 0.25) is 0 Å². The van der Waals surface area contributed by atoms with E-state index in [4.69, 9.17) is 20.9 Å². The molecule has 16 atom stereocenters. The van der Waals surface area contributed by atoms with Crippen LogP contribution in [0, 0.1) is 94.7 Å². The van der Waals surface area contributed by atoms with Crippen molar-refractivity contribution < 1.29 is 154 Å². The predicted molar refractivity (Wildman–Crippen MR) is 280 cm³/mol. The number of ether oxygens (including phenoxy) is 2. The van der Waals surface area contributed by atoms with Crippen molar-refractivity contribution in [3.63, 3.8) is 0 Å². The topological polar surface area (TPSA) is 189 Å². The van der Waals surface area contributed by atoms with Crippen molar-refractivity contribution in [1.82, 2.24) is 19.5 Å². The van der Waals surface area contributed by atoms with Crippen LogP contribution in [0.2, 0.25) is 0 Å². The Balaban J connectivity index is 0.000000407. The first-order valence-corrected chi connectivity index (χ1v) is 27.9. The number of alkyl halides is 2. The van der Waals surface area contributed by atoms with E-state index in [-0.39, 0.29) is 141 Å². The van der Waals surface area contributed by atoms with Gasteiger partial charge in [-0.05, 0) is 198 Å². The number of nitrogens with zero attached hydrogens (tertiary/aromatic N) is 3. The molecule has 8 fully saturated rings. The van der Waals surface area contributed by atoms with E-state index in [0.29, 0.717) is 65.2 Å². The molecule has 8 saturated carbocycles. The van der Waals surface area contributed by atoms with Gasteiger partial charge < -0.3 is 40.8 Å². The largest absolute Gasteiger partial charge is 1.00 e. The number of fused-ring (bicyclic) bond motifs is 10. The van der Waals surface area contributed by atoms with Crippen LogP contribution < -0.4 is 108 Å². The molecule has 2 aromatic rings. The van der Waals surface area contributed by atoms with Gasteiger partial charge in [0.15, 0.2) is 5.78 Å². The molecule has 8 aliphatic rings. The molecule has 0 saturated heterocycles. The Morgan fingerprint density at radius 2 is 1.24 bits per heavy atom. The van der Waals surface area contributed by atoms with Crippen molar-refractivity contribution in [1.29, 1.82) is 0 Å². The third-order valence-corrected chi connectivity index (χ3v) is 21.7. The van der Waals surface area contributed by atoms with Gasteiger partial charge in [-0.3, -0.25) is 18.8 Å². The van der Waals surface area contributed by atoms with Crippen LogP contribution in [0.15, 0.2) is 25.0 Å². The van der Waals surface area contributed by atoms with Gasteiger partial charge in [0.05, 0.1) is 63.2 Å². The number of H-pyrrole nitrogens is 1. The minimum atomic E-state index is -1.00. The first kappa shape index (κ1) is 67.2.